The van der Waals surface area contributed by atoms with Gasteiger partial charge in [0.1, 0.15) is 5.78 Å². The molecule has 0 heterocycles. The van der Waals surface area contributed by atoms with Gasteiger partial charge in [0.05, 0.1) is 0 Å². The van der Waals surface area contributed by atoms with Crippen LogP contribution < -0.4 is 0 Å². The highest BCUT2D eigenvalue weighted by Gasteiger charge is 2.86. The van der Waals surface area contributed by atoms with Gasteiger partial charge in [0.2, 0.25) is 0 Å². The lowest BCUT2D eigenvalue weighted by Crippen LogP contribution is -2.84. The Kier molecular flexibility index (Phi) is 1.65. The molecule has 2 spiro atoms. The van der Waals surface area contributed by atoms with Crippen molar-refractivity contribution in [2.45, 2.75) is 57.7 Å². The monoisotopic (exact) mass is 296 g/mol. The molecule has 0 radical (unpaired) electrons. The Hall–Kier alpha value is 0.150. The van der Waals surface area contributed by atoms with E-state index in [1.54, 1.807) is 0 Å². The second-order valence-electron chi connectivity index (χ2n) is 7.92. The topological polar surface area (TPSA) is 17.1 Å². The van der Waals surface area contributed by atoms with Crippen LogP contribution >= 0.6 is 15.9 Å². The number of halogens is 1. The van der Waals surface area contributed by atoms with Crippen LogP contribution in [-0.4, -0.2) is 10.6 Å². The van der Waals surface area contributed by atoms with Crippen LogP contribution in [0.1, 0.15) is 52.9 Å². The molecule has 1 nitrogen and oxygen atoms in total. The average molecular weight is 297 g/mol. The minimum atomic E-state index is 0.0803. The summed E-state index contributed by atoms with van der Waals surface area (Å²) in [4.78, 5) is 13.0. The average Bonchev–Trinajstić information content (AvgIpc) is 2.24. The Bertz CT molecular complexity index is 442. The number of carbonyl (C=O) groups excluding carboxylic acids is 1. The summed E-state index contributed by atoms with van der Waals surface area (Å²) >= 11 is 3.90. The molecule has 0 aromatic rings. The summed E-state index contributed by atoms with van der Waals surface area (Å²) in [5, 5.41) is 0. The van der Waals surface area contributed by atoms with E-state index >= 15 is 0 Å². The molecule has 5 saturated carbocycles. The molecule has 4 bridgehead atoms. The zero-order valence-electron chi connectivity index (χ0n) is 11.0. The summed E-state index contributed by atoms with van der Waals surface area (Å²) in [5.41, 5.74) is 1.27. The fourth-order valence-electron chi connectivity index (χ4n) is 6.42. The van der Waals surface area contributed by atoms with Gasteiger partial charge in [-0.3, -0.25) is 4.79 Å². The van der Waals surface area contributed by atoms with Gasteiger partial charge in [0.15, 0.2) is 0 Å². The van der Waals surface area contributed by atoms with Crippen molar-refractivity contribution < 1.29 is 4.79 Å². The lowest BCUT2D eigenvalue weighted by Gasteiger charge is -2.87. The molecule has 0 aromatic heterocycles. The molecule has 0 aromatic carbocycles. The molecule has 0 aliphatic heterocycles. The van der Waals surface area contributed by atoms with Gasteiger partial charge >= 0.3 is 0 Å². The van der Waals surface area contributed by atoms with Crippen molar-refractivity contribution in [2.24, 2.45) is 27.6 Å². The highest BCUT2D eigenvalue weighted by Crippen LogP contribution is 2.90. The van der Waals surface area contributed by atoms with E-state index in [0.29, 0.717) is 26.9 Å². The van der Waals surface area contributed by atoms with Crippen molar-refractivity contribution >= 4 is 21.7 Å². The predicted molar refractivity (Wildman–Crippen MR) is 71.1 cm³/mol. The molecule has 0 saturated heterocycles. The standard InChI is InChI=1S/C15H21BrO/c1-12(2)10(16)4-5-14-8-13(3)9(14)6-15(12,14)7-11(13)17/h9-10H,4-8H2,1-3H3/t9?,10?,13?,14?,15-/m1/s1. The number of rotatable bonds is 0. The third-order valence-electron chi connectivity index (χ3n) is 7.58. The molecule has 5 aliphatic carbocycles. The Balaban J connectivity index is 1.86. The molecule has 5 aliphatic rings. The van der Waals surface area contributed by atoms with Gasteiger partial charge in [0.25, 0.3) is 0 Å². The number of hydrogen-bond acceptors (Lipinski definition) is 1. The number of Topliss-reactive ketones (excluding diaryl/α,β-unsaturated/α-hetero) is 1. The third kappa shape index (κ3) is 0.786. The molecule has 0 N–H and O–H groups in total. The molecule has 5 fully saturated rings. The van der Waals surface area contributed by atoms with E-state index in [4.69, 9.17) is 0 Å². The minimum Gasteiger partial charge on any atom is -0.299 e. The lowest BCUT2D eigenvalue weighted by molar-refractivity contribution is -0.360. The zero-order valence-corrected chi connectivity index (χ0v) is 12.6. The third-order valence-corrected chi connectivity index (χ3v) is 9.19. The maximum atomic E-state index is 12.4. The summed E-state index contributed by atoms with van der Waals surface area (Å²) in [7, 11) is 0. The van der Waals surface area contributed by atoms with Crippen LogP contribution in [0.15, 0.2) is 0 Å². The highest BCUT2D eigenvalue weighted by molar-refractivity contribution is 9.09. The molecule has 4 unspecified atom stereocenters. The van der Waals surface area contributed by atoms with Crippen LogP contribution in [0, 0.1) is 27.6 Å². The molecule has 5 rings (SSSR count). The molecular weight excluding hydrogens is 276 g/mol. The SMILES string of the molecule is CC12CC34CCC(Br)C(C)(C)[C@]3(CC1=O)CC24. The molecule has 5 atom stereocenters. The summed E-state index contributed by atoms with van der Waals surface area (Å²) in [5.74, 6) is 1.31. The van der Waals surface area contributed by atoms with Crippen molar-refractivity contribution in [3.8, 4) is 0 Å². The molecule has 17 heavy (non-hydrogen) atoms. The summed E-state index contributed by atoms with van der Waals surface area (Å²) < 4.78 is 0. The quantitative estimate of drug-likeness (QED) is 0.619. The number of hydrogen-bond donors (Lipinski definition) is 0. The van der Waals surface area contributed by atoms with E-state index in [1.165, 1.54) is 25.7 Å². The van der Waals surface area contributed by atoms with Gasteiger partial charge in [-0.1, -0.05) is 36.7 Å². The Morgan fingerprint density at radius 3 is 2.65 bits per heavy atom. The number of ketones is 1. The second-order valence-corrected chi connectivity index (χ2v) is 9.02. The van der Waals surface area contributed by atoms with E-state index in [0.717, 1.165) is 12.3 Å². The summed E-state index contributed by atoms with van der Waals surface area (Å²) in [6, 6.07) is 0. The van der Waals surface area contributed by atoms with Crippen LogP contribution in [0.3, 0.4) is 0 Å². The Labute approximate surface area is 112 Å². The van der Waals surface area contributed by atoms with Crippen molar-refractivity contribution in [3.05, 3.63) is 0 Å². The van der Waals surface area contributed by atoms with Gasteiger partial charge < -0.3 is 0 Å². The molecular formula is C15H21BrO. The van der Waals surface area contributed by atoms with Gasteiger partial charge in [0, 0.05) is 16.7 Å². The second kappa shape index (κ2) is 2.55. The van der Waals surface area contributed by atoms with E-state index in [-0.39, 0.29) is 5.41 Å². The van der Waals surface area contributed by atoms with Gasteiger partial charge in [-0.25, -0.2) is 0 Å². The first kappa shape index (κ1) is 11.0. The Morgan fingerprint density at radius 1 is 1.29 bits per heavy atom. The minimum absolute atomic E-state index is 0.0803. The van der Waals surface area contributed by atoms with Crippen LogP contribution in [0.25, 0.3) is 0 Å². The molecule has 94 valence electrons. The van der Waals surface area contributed by atoms with Crippen LogP contribution in [0.4, 0.5) is 0 Å². The van der Waals surface area contributed by atoms with E-state index in [1.807, 2.05) is 0 Å². The summed E-state index contributed by atoms with van der Waals surface area (Å²) in [6.45, 7) is 7.04. The zero-order chi connectivity index (χ0) is 12.3. The van der Waals surface area contributed by atoms with Crippen molar-refractivity contribution in [2.75, 3.05) is 0 Å². The fraction of sp³-hybridized carbons (Fsp3) is 0.933. The summed E-state index contributed by atoms with van der Waals surface area (Å²) in [6.07, 6.45) is 6.06. The van der Waals surface area contributed by atoms with Crippen LogP contribution in [-0.2, 0) is 4.79 Å². The van der Waals surface area contributed by atoms with Crippen molar-refractivity contribution in [1.29, 1.82) is 0 Å². The van der Waals surface area contributed by atoms with E-state index < -0.39 is 0 Å². The fourth-order valence-corrected chi connectivity index (χ4v) is 7.09. The van der Waals surface area contributed by atoms with Gasteiger partial charge in [-0.15, -0.1) is 0 Å². The Morgan fingerprint density at radius 2 is 2.00 bits per heavy atom. The van der Waals surface area contributed by atoms with E-state index in [2.05, 4.69) is 36.7 Å². The number of carbonyl (C=O) groups is 1. The van der Waals surface area contributed by atoms with Crippen LogP contribution in [0.2, 0.25) is 0 Å². The smallest absolute Gasteiger partial charge is 0.139 e. The van der Waals surface area contributed by atoms with Crippen molar-refractivity contribution in [3.63, 3.8) is 0 Å². The first-order valence-corrected chi connectivity index (χ1v) is 7.89. The van der Waals surface area contributed by atoms with Gasteiger partial charge in [-0.2, -0.15) is 0 Å². The lowest BCUT2D eigenvalue weighted by atomic mass is 9.16. The maximum Gasteiger partial charge on any atom is 0.139 e. The van der Waals surface area contributed by atoms with Crippen molar-refractivity contribution in [1.82, 2.24) is 0 Å². The molecule has 2 heteroatoms. The highest BCUT2D eigenvalue weighted by atomic mass is 79.9. The first-order valence-electron chi connectivity index (χ1n) is 6.98. The maximum absolute atomic E-state index is 12.4. The molecule has 0 amide bonds. The predicted octanol–water partition coefficient (Wildman–Crippen LogP) is 3.95. The number of fused-ring (bicyclic) bond motifs is 1. The van der Waals surface area contributed by atoms with Crippen LogP contribution in [0.5, 0.6) is 0 Å². The van der Waals surface area contributed by atoms with E-state index in [9.17, 15) is 4.79 Å². The largest absolute Gasteiger partial charge is 0.299 e. The first-order chi connectivity index (χ1) is 7.80. The normalized spacial score (nSPS) is 62.2. The number of alkyl halides is 1. The van der Waals surface area contributed by atoms with Gasteiger partial charge in [-0.05, 0) is 47.8 Å².